The van der Waals surface area contributed by atoms with Crippen LogP contribution in [-0.2, 0) is 11.2 Å². The Morgan fingerprint density at radius 3 is 2.48 bits per heavy atom. The van der Waals surface area contributed by atoms with Gasteiger partial charge in [0.2, 0.25) is 5.91 Å². The first-order valence-corrected chi connectivity index (χ1v) is 12.2. The third-order valence-electron chi connectivity index (χ3n) is 7.38. The number of amides is 2. The molecule has 7 heteroatoms. The second kappa shape index (κ2) is 9.51. The van der Waals surface area contributed by atoms with Crippen LogP contribution in [-0.4, -0.2) is 79.5 Å². The van der Waals surface area contributed by atoms with Crippen LogP contribution in [0.3, 0.4) is 0 Å². The van der Waals surface area contributed by atoms with Gasteiger partial charge in [0.05, 0.1) is 5.56 Å². The Labute approximate surface area is 196 Å². The maximum absolute atomic E-state index is 13.5. The number of pyridine rings is 1. The first-order valence-electron chi connectivity index (χ1n) is 12.2. The van der Waals surface area contributed by atoms with Crippen LogP contribution in [0.25, 0.3) is 0 Å². The summed E-state index contributed by atoms with van der Waals surface area (Å²) < 4.78 is 0. The molecule has 174 valence electrons. The molecule has 0 bridgehead atoms. The highest BCUT2D eigenvalue weighted by atomic mass is 16.2. The van der Waals surface area contributed by atoms with E-state index in [9.17, 15) is 9.59 Å². The van der Waals surface area contributed by atoms with Crippen LogP contribution in [0.4, 0.5) is 11.5 Å². The minimum absolute atomic E-state index is 0.0235. The Balaban J connectivity index is 1.22. The van der Waals surface area contributed by atoms with E-state index in [0.29, 0.717) is 30.4 Å². The average molecular weight is 448 g/mol. The maximum Gasteiger partial charge on any atom is 0.262 e. The van der Waals surface area contributed by atoms with Crippen molar-refractivity contribution in [1.29, 1.82) is 0 Å². The smallest absolute Gasteiger partial charge is 0.262 e. The fourth-order valence-corrected chi connectivity index (χ4v) is 5.29. The van der Waals surface area contributed by atoms with Gasteiger partial charge in [-0.2, -0.15) is 0 Å². The lowest BCUT2D eigenvalue weighted by Crippen LogP contribution is -2.48. The molecule has 2 saturated heterocycles. The summed E-state index contributed by atoms with van der Waals surface area (Å²) in [6.07, 6.45) is 5.21. The molecule has 0 atom stereocenters. The van der Waals surface area contributed by atoms with Gasteiger partial charge in [-0.15, -0.1) is 0 Å². The van der Waals surface area contributed by atoms with Crippen LogP contribution in [0.2, 0.25) is 0 Å². The first-order chi connectivity index (χ1) is 16.1. The van der Waals surface area contributed by atoms with Crippen molar-refractivity contribution >= 4 is 23.3 Å². The number of rotatable bonds is 4. The zero-order chi connectivity index (χ0) is 22.8. The summed E-state index contributed by atoms with van der Waals surface area (Å²) in [6.45, 7) is 5.97. The van der Waals surface area contributed by atoms with Crippen LogP contribution in [0.5, 0.6) is 0 Å². The highest BCUT2D eigenvalue weighted by molar-refractivity contribution is 6.10. The standard InChI is InChI=1S/C26H33N5O2/c1-28-15-17-29(18-16-28)24(32)19-20-8-12-30(13-9-20)25-22(6-4-11-27-25)26(33)31-14-10-21-5-2-3-7-23(21)31/h2-7,11,20H,8-10,12-19H2,1H3. The molecule has 5 rings (SSSR count). The molecule has 0 radical (unpaired) electrons. The van der Waals surface area contributed by atoms with Crippen molar-refractivity contribution in [2.45, 2.75) is 25.7 Å². The van der Waals surface area contributed by atoms with E-state index in [2.05, 4.69) is 27.9 Å². The molecule has 2 amide bonds. The second-order valence-electron chi connectivity index (χ2n) is 9.53. The molecular weight excluding hydrogens is 414 g/mol. The Morgan fingerprint density at radius 2 is 1.70 bits per heavy atom. The summed E-state index contributed by atoms with van der Waals surface area (Å²) in [5.74, 6) is 1.50. The van der Waals surface area contributed by atoms with Gasteiger partial charge in [0.25, 0.3) is 5.91 Å². The largest absolute Gasteiger partial charge is 0.356 e. The number of benzene rings is 1. The number of aromatic nitrogens is 1. The van der Waals surface area contributed by atoms with Gasteiger partial charge < -0.3 is 19.6 Å². The fraction of sp³-hybridized carbons (Fsp3) is 0.500. The minimum atomic E-state index is 0.0235. The van der Waals surface area contributed by atoms with E-state index in [0.717, 1.165) is 70.0 Å². The molecule has 0 unspecified atom stereocenters. The maximum atomic E-state index is 13.5. The van der Waals surface area contributed by atoms with E-state index in [1.54, 1.807) is 6.20 Å². The highest BCUT2D eigenvalue weighted by Gasteiger charge is 2.30. The quantitative estimate of drug-likeness (QED) is 0.721. The summed E-state index contributed by atoms with van der Waals surface area (Å²) in [6, 6.07) is 11.9. The summed E-state index contributed by atoms with van der Waals surface area (Å²) >= 11 is 0. The van der Waals surface area contributed by atoms with E-state index in [1.807, 2.05) is 40.1 Å². The lowest BCUT2D eigenvalue weighted by molar-refractivity contribution is -0.133. The molecule has 1 aromatic carbocycles. The number of fused-ring (bicyclic) bond motifs is 1. The Hall–Kier alpha value is -2.93. The van der Waals surface area contributed by atoms with Gasteiger partial charge in [-0.25, -0.2) is 4.98 Å². The number of hydrogen-bond donors (Lipinski definition) is 0. The van der Waals surface area contributed by atoms with Gasteiger partial charge in [0, 0.05) is 64.1 Å². The number of hydrogen-bond acceptors (Lipinski definition) is 5. The molecule has 0 spiro atoms. The van der Waals surface area contributed by atoms with Crippen molar-refractivity contribution in [1.82, 2.24) is 14.8 Å². The third kappa shape index (κ3) is 4.60. The number of piperidine rings is 1. The summed E-state index contributed by atoms with van der Waals surface area (Å²) in [5.41, 5.74) is 2.90. The summed E-state index contributed by atoms with van der Waals surface area (Å²) in [4.78, 5) is 39.3. The van der Waals surface area contributed by atoms with Crippen LogP contribution in [0.1, 0.15) is 35.2 Å². The van der Waals surface area contributed by atoms with Crippen LogP contribution in [0.15, 0.2) is 42.6 Å². The van der Waals surface area contributed by atoms with Gasteiger partial charge >= 0.3 is 0 Å². The van der Waals surface area contributed by atoms with Gasteiger partial charge in [-0.3, -0.25) is 9.59 Å². The van der Waals surface area contributed by atoms with Crippen molar-refractivity contribution in [3.8, 4) is 0 Å². The zero-order valence-corrected chi connectivity index (χ0v) is 19.4. The number of nitrogens with zero attached hydrogens (tertiary/aromatic N) is 5. The predicted molar refractivity (Wildman–Crippen MR) is 130 cm³/mol. The van der Waals surface area contributed by atoms with E-state index in [-0.39, 0.29) is 5.91 Å². The SMILES string of the molecule is CN1CCN(C(=O)CC2CCN(c3ncccc3C(=O)N3CCc4ccccc43)CC2)CC1. The van der Waals surface area contributed by atoms with Crippen LogP contribution >= 0.6 is 0 Å². The second-order valence-corrected chi connectivity index (χ2v) is 9.53. The molecule has 0 aliphatic carbocycles. The number of para-hydroxylation sites is 1. The van der Waals surface area contributed by atoms with E-state index >= 15 is 0 Å². The van der Waals surface area contributed by atoms with Crippen LogP contribution in [0, 0.1) is 5.92 Å². The molecule has 3 aliphatic rings. The van der Waals surface area contributed by atoms with Crippen molar-refractivity contribution < 1.29 is 9.59 Å². The zero-order valence-electron chi connectivity index (χ0n) is 19.4. The molecule has 1 aromatic heterocycles. The summed E-state index contributed by atoms with van der Waals surface area (Å²) in [5, 5.41) is 0. The number of anilines is 2. The molecule has 2 aromatic rings. The third-order valence-corrected chi connectivity index (χ3v) is 7.38. The Morgan fingerprint density at radius 1 is 0.939 bits per heavy atom. The number of piperazine rings is 1. The average Bonchev–Trinajstić information content (AvgIpc) is 3.29. The highest BCUT2D eigenvalue weighted by Crippen LogP contribution is 2.32. The van der Waals surface area contributed by atoms with Crippen molar-refractivity contribution in [2.75, 3.05) is 62.7 Å². The lowest BCUT2D eigenvalue weighted by atomic mass is 9.92. The van der Waals surface area contributed by atoms with E-state index in [4.69, 9.17) is 0 Å². The number of likely N-dealkylation sites (N-methyl/N-ethyl adjacent to an activating group) is 1. The lowest BCUT2D eigenvalue weighted by Gasteiger charge is -2.36. The molecular formula is C26H33N5O2. The molecule has 0 saturated carbocycles. The molecule has 7 nitrogen and oxygen atoms in total. The first kappa shape index (κ1) is 21.9. The number of carbonyl (C=O) groups is 2. The monoisotopic (exact) mass is 447 g/mol. The van der Waals surface area contributed by atoms with Gasteiger partial charge in [0.15, 0.2) is 0 Å². The van der Waals surface area contributed by atoms with Gasteiger partial charge in [-0.1, -0.05) is 18.2 Å². The molecule has 4 heterocycles. The van der Waals surface area contributed by atoms with E-state index in [1.165, 1.54) is 5.56 Å². The number of carbonyl (C=O) groups excluding carboxylic acids is 2. The van der Waals surface area contributed by atoms with Crippen molar-refractivity contribution in [3.05, 3.63) is 53.7 Å². The van der Waals surface area contributed by atoms with Crippen molar-refractivity contribution in [2.24, 2.45) is 5.92 Å². The van der Waals surface area contributed by atoms with Crippen LogP contribution < -0.4 is 9.80 Å². The van der Waals surface area contributed by atoms with Crippen molar-refractivity contribution in [3.63, 3.8) is 0 Å². The molecule has 2 fully saturated rings. The Kier molecular flexibility index (Phi) is 6.31. The normalized spacial score (nSPS) is 19.6. The molecule has 3 aliphatic heterocycles. The topological polar surface area (TPSA) is 60.0 Å². The summed E-state index contributed by atoms with van der Waals surface area (Å²) in [7, 11) is 2.11. The minimum Gasteiger partial charge on any atom is -0.356 e. The van der Waals surface area contributed by atoms with E-state index < -0.39 is 0 Å². The Bertz CT molecular complexity index is 1010. The van der Waals surface area contributed by atoms with Gasteiger partial charge in [0.1, 0.15) is 5.82 Å². The van der Waals surface area contributed by atoms with Gasteiger partial charge in [-0.05, 0) is 56.0 Å². The fourth-order valence-electron chi connectivity index (χ4n) is 5.29. The molecule has 33 heavy (non-hydrogen) atoms. The molecule has 0 N–H and O–H groups in total. The predicted octanol–water partition coefficient (Wildman–Crippen LogP) is 2.67.